The fourth-order valence-electron chi connectivity index (χ4n) is 3.60. The molecule has 0 radical (unpaired) electrons. The second kappa shape index (κ2) is 7.95. The number of benzene rings is 2. The minimum Gasteiger partial charge on any atom is -0.347 e. The predicted molar refractivity (Wildman–Crippen MR) is 107 cm³/mol. The zero-order chi connectivity index (χ0) is 19.4. The van der Waals surface area contributed by atoms with Crippen molar-refractivity contribution >= 4 is 11.8 Å². The summed E-state index contributed by atoms with van der Waals surface area (Å²) >= 11 is 0. The highest BCUT2D eigenvalue weighted by atomic mass is 16.2. The molecule has 0 aromatic heterocycles. The number of hydrogen-bond donors (Lipinski definition) is 1. The van der Waals surface area contributed by atoms with Crippen LogP contribution in [0.15, 0.2) is 54.6 Å². The summed E-state index contributed by atoms with van der Waals surface area (Å²) in [6.07, 6.45) is 0.412. The Bertz CT molecular complexity index is 809. The summed E-state index contributed by atoms with van der Waals surface area (Å²) in [6.45, 7) is 7.32. The van der Waals surface area contributed by atoms with Crippen molar-refractivity contribution in [2.45, 2.75) is 39.7 Å². The number of nitrogens with one attached hydrogen (secondary N) is 1. The van der Waals surface area contributed by atoms with Gasteiger partial charge in [-0.15, -0.1) is 0 Å². The fourth-order valence-corrected chi connectivity index (χ4v) is 3.60. The van der Waals surface area contributed by atoms with Crippen LogP contribution in [0, 0.1) is 5.41 Å². The topological polar surface area (TPSA) is 49.4 Å². The molecule has 0 bridgehead atoms. The second-order valence-electron chi connectivity index (χ2n) is 8.45. The molecule has 2 aromatic carbocycles. The molecule has 0 aliphatic carbocycles. The molecule has 1 heterocycles. The first-order chi connectivity index (χ1) is 12.8. The van der Waals surface area contributed by atoms with E-state index in [1.807, 2.05) is 49.9 Å². The van der Waals surface area contributed by atoms with Gasteiger partial charge < -0.3 is 10.2 Å². The Morgan fingerprint density at radius 1 is 1.04 bits per heavy atom. The van der Waals surface area contributed by atoms with Gasteiger partial charge in [0.05, 0.1) is 6.54 Å². The Morgan fingerprint density at radius 2 is 1.70 bits per heavy atom. The first-order valence-electron chi connectivity index (χ1n) is 9.51. The average Bonchev–Trinajstić information content (AvgIpc) is 2.64. The number of carbonyl (C=O) groups is 2. The van der Waals surface area contributed by atoms with E-state index in [9.17, 15) is 9.59 Å². The van der Waals surface area contributed by atoms with Crippen LogP contribution in [0.2, 0.25) is 0 Å². The normalized spacial score (nSPS) is 16.6. The monoisotopic (exact) mass is 364 g/mol. The van der Waals surface area contributed by atoms with Gasteiger partial charge in [-0.1, -0.05) is 75.4 Å². The molecule has 4 heteroatoms. The summed E-state index contributed by atoms with van der Waals surface area (Å²) in [7, 11) is 0. The fraction of sp³-hybridized carbons (Fsp3) is 0.391. The van der Waals surface area contributed by atoms with Crippen molar-refractivity contribution in [3.63, 3.8) is 0 Å². The molecular weight excluding hydrogens is 336 g/mol. The maximum Gasteiger partial charge on any atom is 0.242 e. The van der Waals surface area contributed by atoms with Crippen molar-refractivity contribution < 1.29 is 9.59 Å². The van der Waals surface area contributed by atoms with Gasteiger partial charge in [0.15, 0.2) is 0 Å². The van der Waals surface area contributed by atoms with Gasteiger partial charge in [0.2, 0.25) is 11.8 Å². The minimum atomic E-state index is -0.0877. The van der Waals surface area contributed by atoms with Crippen LogP contribution in [-0.2, 0) is 16.1 Å². The first-order valence-corrected chi connectivity index (χ1v) is 9.51. The average molecular weight is 364 g/mol. The molecule has 2 aromatic rings. The van der Waals surface area contributed by atoms with Crippen molar-refractivity contribution in [2.75, 3.05) is 13.1 Å². The largest absolute Gasteiger partial charge is 0.347 e. The number of rotatable bonds is 4. The van der Waals surface area contributed by atoms with Gasteiger partial charge in [0.25, 0.3) is 0 Å². The van der Waals surface area contributed by atoms with Crippen molar-refractivity contribution in [3.8, 4) is 0 Å². The van der Waals surface area contributed by atoms with E-state index in [0.29, 0.717) is 19.5 Å². The Morgan fingerprint density at radius 3 is 2.41 bits per heavy atom. The summed E-state index contributed by atoms with van der Waals surface area (Å²) < 4.78 is 0. The maximum absolute atomic E-state index is 12.8. The molecule has 4 nitrogen and oxygen atoms in total. The van der Waals surface area contributed by atoms with Crippen molar-refractivity contribution in [3.05, 3.63) is 71.3 Å². The highest BCUT2D eigenvalue weighted by molar-refractivity contribution is 5.85. The maximum atomic E-state index is 12.8. The quantitative estimate of drug-likeness (QED) is 0.899. The highest BCUT2D eigenvalue weighted by Crippen LogP contribution is 2.33. The Labute approximate surface area is 161 Å². The minimum absolute atomic E-state index is 0.0345. The molecule has 0 saturated heterocycles. The lowest BCUT2D eigenvalue weighted by Gasteiger charge is -2.35. The van der Waals surface area contributed by atoms with Gasteiger partial charge in [-0.3, -0.25) is 9.59 Å². The SMILES string of the molecule is CC(C)(C)CC(=O)NCC(=O)N1Cc2ccccc2C(c2ccccc2)C1. The van der Waals surface area contributed by atoms with Crippen LogP contribution in [0.1, 0.15) is 49.8 Å². The standard InChI is InChI=1S/C23H28N2O2/c1-23(2,3)13-21(26)24-14-22(27)25-15-18-11-7-8-12-19(18)20(16-25)17-9-5-4-6-10-17/h4-12,20H,13-16H2,1-3H3,(H,24,26). The van der Waals surface area contributed by atoms with Gasteiger partial charge in [-0.25, -0.2) is 0 Å². The lowest BCUT2D eigenvalue weighted by Crippen LogP contribution is -2.44. The van der Waals surface area contributed by atoms with Crippen LogP contribution in [0.4, 0.5) is 0 Å². The van der Waals surface area contributed by atoms with E-state index in [1.165, 1.54) is 16.7 Å². The van der Waals surface area contributed by atoms with Crippen LogP contribution in [0.25, 0.3) is 0 Å². The summed E-state index contributed by atoms with van der Waals surface area (Å²) in [4.78, 5) is 26.7. The zero-order valence-electron chi connectivity index (χ0n) is 16.4. The van der Waals surface area contributed by atoms with E-state index in [0.717, 1.165) is 0 Å². The van der Waals surface area contributed by atoms with Crippen LogP contribution in [0.3, 0.4) is 0 Å². The lowest BCUT2D eigenvalue weighted by atomic mass is 9.84. The molecular formula is C23H28N2O2. The molecule has 3 rings (SSSR count). The van der Waals surface area contributed by atoms with Gasteiger partial charge in [0.1, 0.15) is 0 Å². The molecule has 0 spiro atoms. The number of hydrogen-bond acceptors (Lipinski definition) is 2. The summed E-state index contributed by atoms with van der Waals surface area (Å²) in [5.74, 6) is 0.0472. The Kier molecular flexibility index (Phi) is 5.64. The van der Waals surface area contributed by atoms with Crippen LogP contribution < -0.4 is 5.32 Å². The van der Waals surface area contributed by atoms with Crippen molar-refractivity contribution in [2.24, 2.45) is 5.41 Å². The molecule has 0 fully saturated rings. The second-order valence-corrected chi connectivity index (χ2v) is 8.45. The van der Waals surface area contributed by atoms with Crippen molar-refractivity contribution in [1.82, 2.24) is 10.2 Å². The van der Waals surface area contributed by atoms with Crippen LogP contribution in [0.5, 0.6) is 0 Å². The van der Waals surface area contributed by atoms with E-state index in [-0.39, 0.29) is 29.7 Å². The Hall–Kier alpha value is -2.62. The molecule has 142 valence electrons. The molecule has 27 heavy (non-hydrogen) atoms. The zero-order valence-corrected chi connectivity index (χ0v) is 16.4. The smallest absolute Gasteiger partial charge is 0.242 e. The third-order valence-corrected chi connectivity index (χ3v) is 4.88. The van der Waals surface area contributed by atoms with E-state index in [1.54, 1.807) is 0 Å². The number of amides is 2. The Balaban J connectivity index is 1.72. The van der Waals surface area contributed by atoms with Gasteiger partial charge >= 0.3 is 0 Å². The number of fused-ring (bicyclic) bond motifs is 1. The molecule has 1 aliphatic rings. The molecule has 1 unspecified atom stereocenters. The predicted octanol–water partition coefficient (Wildman–Crippen LogP) is 3.71. The van der Waals surface area contributed by atoms with Crippen LogP contribution >= 0.6 is 0 Å². The molecule has 1 atom stereocenters. The third kappa shape index (κ3) is 4.97. The molecule has 1 aliphatic heterocycles. The first kappa shape index (κ1) is 19.2. The van der Waals surface area contributed by atoms with Crippen molar-refractivity contribution in [1.29, 1.82) is 0 Å². The molecule has 2 amide bonds. The van der Waals surface area contributed by atoms with Gasteiger partial charge in [0, 0.05) is 25.4 Å². The van der Waals surface area contributed by atoms with E-state index in [2.05, 4.69) is 35.6 Å². The summed E-state index contributed by atoms with van der Waals surface area (Å²) in [6, 6.07) is 18.6. The van der Waals surface area contributed by atoms with E-state index in [4.69, 9.17) is 0 Å². The number of carbonyl (C=O) groups excluding carboxylic acids is 2. The third-order valence-electron chi connectivity index (χ3n) is 4.88. The lowest BCUT2D eigenvalue weighted by molar-refractivity contribution is -0.134. The van der Waals surface area contributed by atoms with Crippen LogP contribution in [-0.4, -0.2) is 29.8 Å². The molecule has 0 saturated carbocycles. The number of nitrogens with zero attached hydrogens (tertiary/aromatic N) is 1. The van der Waals surface area contributed by atoms with Gasteiger partial charge in [-0.05, 0) is 22.1 Å². The highest BCUT2D eigenvalue weighted by Gasteiger charge is 2.29. The van der Waals surface area contributed by atoms with E-state index < -0.39 is 0 Å². The van der Waals surface area contributed by atoms with Gasteiger partial charge in [-0.2, -0.15) is 0 Å². The summed E-state index contributed by atoms with van der Waals surface area (Å²) in [5.41, 5.74) is 3.57. The molecule has 1 N–H and O–H groups in total. The van der Waals surface area contributed by atoms with E-state index >= 15 is 0 Å². The summed E-state index contributed by atoms with van der Waals surface area (Å²) in [5, 5.41) is 2.78.